The Balaban J connectivity index is 2.08. The summed E-state index contributed by atoms with van der Waals surface area (Å²) >= 11 is 0. The largest absolute Gasteiger partial charge is 0.350 e. The van der Waals surface area contributed by atoms with Gasteiger partial charge in [0, 0.05) is 12.1 Å². The molecule has 1 aliphatic heterocycles. The quantitative estimate of drug-likeness (QED) is 0.875. The molecule has 0 bridgehead atoms. The van der Waals surface area contributed by atoms with Crippen LogP contribution in [-0.2, 0) is 11.2 Å². The van der Waals surface area contributed by atoms with Crippen LogP contribution in [0.5, 0.6) is 0 Å². The molecule has 2 N–H and O–H groups in total. The lowest BCUT2D eigenvalue weighted by Gasteiger charge is -2.40. The number of piperazine rings is 1. The van der Waals surface area contributed by atoms with Gasteiger partial charge in [0.05, 0.1) is 6.04 Å². The van der Waals surface area contributed by atoms with Gasteiger partial charge >= 0.3 is 0 Å². The molecule has 1 saturated heterocycles. The molecule has 0 aliphatic carbocycles. The van der Waals surface area contributed by atoms with Crippen LogP contribution >= 0.6 is 0 Å². The molecule has 1 aromatic carbocycles. The summed E-state index contributed by atoms with van der Waals surface area (Å²) in [5.74, 6) is 1.21. The lowest BCUT2D eigenvalue weighted by atomic mass is 9.86. The highest BCUT2D eigenvalue weighted by Gasteiger charge is 2.36. The minimum Gasteiger partial charge on any atom is -0.350 e. The van der Waals surface area contributed by atoms with Gasteiger partial charge in [-0.2, -0.15) is 0 Å². The molecule has 2 rings (SSSR count). The van der Waals surface area contributed by atoms with Crippen molar-refractivity contribution in [3.05, 3.63) is 35.9 Å². The number of carbonyl (C=O) groups excluding carboxylic acids is 1. The third kappa shape index (κ3) is 4.31. The molecule has 21 heavy (non-hydrogen) atoms. The van der Waals surface area contributed by atoms with Gasteiger partial charge in [-0.3, -0.25) is 4.79 Å². The summed E-state index contributed by atoms with van der Waals surface area (Å²) < 4.78 is 0. The second-order valence-corrected chi connectivity index (χ2v) is 6.92. The van der Waals surface area contributed by atoms with E-state index in [0.29, 0.717) is 17.9 Å². The molecule has 116 valence electrons. The van der Waals surface area contributed by atoms with Crippen molar-refractivity contribution in [2.75, 3.05) is 0 Å². The zero-order chi connectivity index (χ0) is 15.4. The maximum absolute atomic E-state index is 12.4. The highest BCUT2D eigenvalue weighted by molar-refractivity contribution is 5.83. The molecule has 1 aromatic rings. The lowest BCUT2D eigenvalue weighted by Crippen LogP contribution is -2.66. The first-order chi connectivity index (χ1) is 9.97. The predicted molar refractivity (Wildman–Crippen MR) is 87.1 cm³/mol. The summed E-state index contributed by atoms with van der Waals surface area (Å²) in [6.45, 7) is 8.83. The Morgan fingerprint density at radius 3 is 2.33 bits per heavy atom. The van der Waals surface area contributed by atoms with Gasteiger partial charge in [0.1, 0.15) is 0 Å². The van der Waals surface area contributed by atoms with Gasteiger partial charge in [-0.25, -0.2) is 0 Å². The van der Waals surface area contributed by atoms with Crippen molar-refractivity contribution in [3.63, 3.8) is 0 Å². The van der Waals surface area contributed by atoms with Gasteiger partial charge in [0.15, 0.2) is 0 Å². The first-order valence-electron chi connectivity index (χ1n) is 8.07. The van der Waals surface area contributed by atoms with E-state index >= 15 is 0 Å². The van der Waals surface area contributed by atoms with Gasteiger partial charge < -0.3 is 10.6 Å². The van der Waals surface area contributed by atoms with Gasteiger partial charge in [-0.15, -0.1) is 0 Å². The number of hydrogen-bond acceptors (Lipinski definition) is 2. The van der Waals surface area contributed by atoms with Crippen molar-refractivity contribution in [1.82, 2.24) is 10.6 Å². The number of amides is 1. The van der Waals surface area contributed by atoms with E-state index in [4.69, 9.17) is 0 Å². The van der Waals surface area contributed by atoms with Crippen LogP contribution in [0.25, 0.3) is 0 Å². The molecule has 3 heteroatoms. The van der Waals surface area contributed by atoms with Crippen LogP contribution in [-0.4, -0.2) is 24.0 Å². The van der Waals surface area contributed by atoms with E-state index in [1.54, 1.807) is 0 Å². The van der Waals surface area contributed by atoms with E-state index in [2.05, 4.69) is 50.5 Å². The smallest absolute Gasteiger partial charge is 0.237 e. The normalized spacial score (nSPS) is 26.2. The molecule has 0 radical (unpaired) electrons. The maximum atomic E-state index is 12.4. The van der Waals surface area contributed by atoms with Gasteiger partial charge in [0.2, 0.25) is 5.91 Å². The topological polar surface area (TPSA) is 41.1 Å². The average molecular weight is 288 g/mol. The number of benzene rings is 1. The number of rotatable bonds is 5. The number of nitrogens with one attached hydrogen (secondary N) is 2. The van der Waals surface area contributed by atoms with Crippen LogP contribution in [0.1, 0.15) is 39.7 Å². The van der Waals surface area contributed by atoms with Crippen LogP contribution in [0.4, 0.5) is 0 Å². The minimum absolute atomic E-state index is 0.119. The second kappa shape index (κ2) is 7.08. The fraction of sp³-hybridized carbons (Fsp3) is 0.611. The predicted octanol–water partition coefficient (Wildman–Crippen LogP) is 2.76. The first kappa shape index (κ1) is 16.0. The summed E-state index contributed by atoms with van der Waals surface area (Å²) in [6.07, 6.45) is 1.85. The van der Waals surface area contributed by atoms with E-state index in [1.807, 2.05) is 18.2 Å². The molecule has 0 aromatic heterocycles. The molecule has 3 nitrogen and oxygen atoms in total. The number of carbonyl (C=O) groups is 1. The van der Waals surface area contributed by atoms with Crippen molar-refractivity contribution in [1.29, 1.82) is 0 Å². The average Bonchev–Trinajstić information content (AvgIpc) is 2.42. The molecule has 1 amide bonds. The van der Waals surface area contributed by atoms with Crippen LogP contribution in [0.2, 0.25) is 0 Å². The highest BCUT2D eigenvalue weighted by Crippen LogP contribution is 2.19. The molecular formula is C18H28N2O. The van der Waals surface area contributed by atoms with Crippen LogP contribution < -0.4 is 10.6 Å². The molecule has 1 aliphatic rings. The lowest BCUT2D eigenvalue weighted by molar-refractivity contribution is -0.127. The summed E-state index contributed by atoms with van der Waals surface area (Å²) in [4.78, 5) is 12.4. The van der Waals surface area contributed by atoms with Gasteiger partial charge in [0.25, 0.3) is 0 Å². The standard InChI is InChI=1S/C18H28N2O/c1-12(2)10-15-17(13(3)4)20-18(21)16(19-15)11-14-8-6-5-7-9-14/h5-9,12-13,15-17,19H,10-11H2,1-4H3,(H,20,21)/t15-,16+,17+/m1/s1. The molecular weight excluding hydrogens is 260 g/mol. The molecule has 3 atom stereocenters. The fourth-order valence-electron chi connectivity index (χ4n) is 3.16. The van der Waals surface area contributed by atoms with E-state index in [-0.39, 0.29) is 18.0 Å². The monoisotopic (exact) mass is 288 g/mol. The second-order valence-electron chi connectivity index (χ2n) is 6.92. The van der Waals surface area contributed by atoms with Crippen molar-refractivity contribution < 1.29 is 4.79 Å². The fourth-order valence-corrected chi connectivity index (χ4v) is 3.16. The SMILES string of the molecule is CC(C)C[C@H]1N[C@@H](Cc2ccccc2)C(=O)N[C@H]1C(C)C. The third-order valence-electron chi connectivity index (χ3n) is 4.20. The van der Waals surface area contributed by atoms with Crippen molar-refractivity contribution in [2.24, 2.45) is 11.8 Å². The summed E-state index contributed by atoms with van der Waals surface area (Å²) in [6, 6.07) is 10.7. The Morgan fingerprint density at radius 1 is 1.10 bits per heavy atom. The highest BCUT2D eigenvalue weighted by atomic mass is 16.2. The molecule has 0 spiro atoms. The Labute approximate surface area is 128 Å². The Kier molecular flexibility index (Phi) is 5.40. The van der Waals surface area contributed by atoms with Crippen molar-refractivity contribution in [2.45, 2.75) is 58.7 Å². The van der Waals surface area contributed by atoms with E-state index in [1.165, 1.54) is 5.56 Å². The van der Waals surface area contributed by atoms with Gasteiger partial charge in [-0.05, 0) is 30.2 Å². The third-order valence-corrected chi connectivity index (χ3v) is 4.20. The maximum Gasteiger partial charge on any atom is 0.237 e. The summed E-state index contributed by atoms with van der Waals surface area (Å²) in [5, 5.41) is 6.84. The van der Waals surface area contributed by atoms with Gasteiger partial charge in [-0.1, -0.05) is 58.0 Å². The Morgan fingerprint density at radius 2 is 1.76 bits per heavy atom. The summed E-state index contributed by atoms with van der Waals surface area (Å²) in [5.41, 5.74) is 1.21. The van der Waals surface area contributed by atoms with E-state index in [0.717, 1.165) is 12.8 Å². The van der Waals surface area contributed by atoms with E-state index in [9.17, 15) is 4.79 Å². The van der Waals surface area contributed by atoms with Crippen molar-refractivity contribution in [3.8, 4) is 0 Å². The number of hydrogen-bond donors (Lipinski definition) is 2. The molecule has 1 heterocycles. The molecule has 0 unspecified atom stereocenters. The van der Waals surface area contributed by atoms with Crippen molar-refractivity contribution >= 4 is 5.91 Å². The van der Waals surface area contributed by atoms with Crippen LogP contribution in [0, 0.1) is 11.8 Å². The Bertz CT molecular complexity index is 456. The Hall–Kier alpha value is -1.35. The molecule has 0 saturated carbocycles. The van der Waals surface area contributed by atoms with Crippen LogP contribution in [0.3, 0.4) is 0 Å². The first-order valence-corrected chi connectivity index (χ1v) is 8.07. The zero-order valence-corrected chi connectivity index (χ0v) is 13.6. The summed E-state index contributed by atoms with van der Waals surface area (Å²) in [7, 11) is 0. The van der Waals surface area contributed by atoms with Crippen LogP contribution in [0.15, 0.2) is 30.3 Å². The molecule has 1 fully saturated rings. The zero-order valence-electron chi connectivity index (χ0n) is 13.6. The van der Waals surface area contributed by atoms with E-state index < -0.39 is 0 Å². The minimum atomic E-state index is -0.119.